The average molecular weight is 257 g/mol. The summed E-state index contributed by atoms with van der Waals surface area (Å²) in [5.74, 6) is 0.135. The molecule has 1 aliphatic rings. The highest BCUT2D eigenvalue weighted by Crippen LogP contribution is 2.41. The number of aromatic nitrogens is 1. The zero-order valence-electron chi connectivity index (χ0n) is 10.9. The van der Waals surface area contributed by atoms with Crippen LogP contribution in [0.5, 0.6) is 5.75 Å². The lowest BCUT2D eigenvalue weighted by Crippen LogP contribution is -2.03. The maximum absolute atomic E-state index is 11.5. The van der Waals surface area contributed by atoms with E-state index in [0.29, 0.717) is 28.1 Å². The molecular formula is C15H15NO3. The Kier molecular flexibility index (Phi) is 2.66. The van der Waals surface area contributed by atoms with E-state index >= 15 is 0 Å². The maximum atomic E-state index is 11.5. The molecule has 1 heterocycles. The molecule has 0 radical (unpaired) electrons. The molecule has 1 aliphatic carbocycles. The minimum Gasteiger partial charge on any atom is -0.494 e. The normalized spacial score (nSPS) is 14.6. The Balaban J connectivity index is 2.36. The number of carboxylic acids is 1. The number of fused-ring (bicyclic) bond motifs is 1. The Labute approximate surface area is 111 Å². The van der Waals surface area contributed by atoms with Crippen molar-refractivity contribution in [3.05, 3.63) is 35.0 Å². The molecule has 1 aromatic heterocycles. The van der Waals surface area contributed by atoms with Crippen molar-refractivity contribution in [1.82, 2.24) is 4.98 Å². The zero-order valence-corrected chi connectivity index (χ0v) is 10.9. The van der Waals surface area contributed by atoms with Gasteiger partial charge in [-0.25, -0.2) is 9.78 Å². The van der Waals surface area contributed by atoms with Crippen LogP contribution in [0.3, 0.4) is 0 Å². The first-order chi connectivity index (χ1) is 9.10. The summed E-state index contributed by atoms with van der Waals surface area (Å²) >= 11 is 0. The van der Waals surface area contributed by atoms with Gasteiger partial charge in [0.15, 0.2) is 0 Å². The summed E-state index contributed by atoms with van der Waals surface area (Å²) in [7, 11) is 1.58. The van der Waals surface area contributed by atoms with E-state index in [0.717, 1.165) is 24.1 Å². The van der Waals surface area contributed by atoms with Crippen molar-refractivity contribution in [2.75, 3.05) is 7.11 Å². The molecule has 1 saturated carbocycles. The van der Waals surface area contributed by atoms with Gasteiger partial charge in [-0.1, -0.05) is 0 Å². The van der Waals surface area contributed by atoms with Gasteiger partial charge in [0, 0.05) is 17.0 Å². The number of hydrogen-bond donors (Lipinski definition) is 1. The fraction of sp³-hybridized carbons (Fsp3) is 0.333. The Bertz CT molecular complexity index is 675. The highest BCUT2D eigenvalue weighted by Gasteiger charge is 2.27. The molecule has 3 rings (SSSR count). The number of nitrogens with zero attached hydrogens (tertiary/aromatic N) is 1. The number of carbonyl (C=O) groups is 1. The SMILES string of the molecule is COc1cc(C)cc2c(C(=O)O)cc(C3CC3)nc12. The zero-order chi connectivity index (χ0) is 13.6. The number of rotatable bonds is 3. The predicted octanol–water partition coefficient (Wildman–Crippen LogP) is 3.13. The van der Waals surface area contributed by atoms with Crippen LogP contribution in [0.2, 0.25) is 0 Å². The monoisotopic (exact) mass is 257 g/mol. The molecule has 0 atom stereocenters. The van der Waals surface area contributed by atoms with Crippen molar-refractivity contribution >= 4 is 16.9 Å². The molecular weight excluding hydrogens is 242 g/mol. The number of ether oxygens (including phenoxy) is 1. The summed E-state index contributed by atoms with van der Waals surface area (Å²) < 4.78 is 5.34. The smallest absolute Gasteiger partial charge is 0.336 e. The van der Waals surface area contributed by atoms with Crippen molar-refractivity contribution in [3.8, 4) is 5.75 Å². The van der Waals surface area contributed by atoms with Crippen LogP contribution in [-0.4, -0.2) is 23.2 Å². The van der Waals surface area contributed by atoms with Gasteiger partial charge in [-0.15, -0.1) is 0 Å². The number of benzene rings is 1. The topological polar surface area (TPSA) is 59.4 Å². The predicted molar refractivity (Wildman–Crippen MR) is 72.0 cm³/mol. The maximum Gasteiger partial charge on any atom is 0.336 e. The molecule has 19 heavy (non-hydrogen) atoms. The van der Waals surface area contributed by atoms with E-state index in [4.69, 9.17) is 4.74 Å². The van der Waals surface area contributed by atoms with Gasteiger partial charge in [-0.2, -0.15) is 0 Å². The van der Waals surface area contributed by atoms with Gasteiger partial charge in [0.05, 0.1) is 12.7 Å². The Morgan fingerprint density at radius 2 is 2.11 bits per heavy atom. The molecule has 1 aromatic carbocycles. The molecule has 4 heteroatoms. The number of pyridine rings is 1. The van der Waals surface area contributed by atoms with E-state index in [1.165, 1.54) is 0 Å². The standard InChI is InChI=1S/C15H15NO3/c1-8-5-10-11(15(17)18)7-12(9-3-4-9)16-14(10)13(6-8)19-2/h5-7,9H,3-4H2,1-2H3,(H,17,18). The summed E-state index contributed by atoms with van der Waals surface area (Å²) in [6.07, 6.45) is 2.18. The molecule has 0 aliphatic heterocycles. The van der Waals surface area contributed by atoms with Crippen LogP contribution in [-0.2, 0) is 0 Å². The number of carboxylic acid groups (broad SMARTS) is 1. The van der Waals surface area contributed by atoms with E-state index in [9.17, 15) is 9.90 Å². The lowest BCUT2D eigenvalue weighted by molar-refractivity contribution is 0.0699. The van der Waals surface area contributed by atoms with Gasteiger partial charge in [-0.3, -0.25) is 0 Å². The molecule has 0 spiro atoms. The average Bonchev–Trinajstić information content (AvgIpc) is 3.20. The summed E-state index contributed by atoms with van der Waals surface area (Å²) in [5.41, 5.74) is 2.80. The van der Waals surface area contributed by atoms with Crippen LogP contribution in [0.15, 0.2) is 18.2 Å². The minimum atomic E-state index is -0.915. The lowest BCUT2D eigenvalue weighted by Gasteiger charge is -2.11. The van der Waals surface area contributed by atoms with Crippen molar-refractivity contribution in [1.29, 1.82) is 0 Å². The molecule has 2 aromatic rings. The first-order valence-corrected chi connectivity index (χ1v) is 6.32. The van der Waals surface area contributed by atoms with E-state index in [1.807, 2.05) is 19.1 Å². The Morgan fingerprint density at radius 3 is 2.68 bits per heavy atom. The summed E-state index contributed by atoms with van der Waals surface area (Å²) in [4.78, 5) is 16.1. The van der Waals surface area contributed by atoms with Crippen LogP contribution in [0.1, 0.15) is 40.4 Å². The lowest BCUT2D eigenvalue weighted by atomic mass is 10.0. The van der Waals surface area contributed by atoms with Crippen molar-refractivity contribution in [2.24, 2.45) is 0 Å². The summed E-state index contributed by atoms with van der Waals surface area (Å²) in [5, 5.41) is 10.0. The third-order valence-corrected chi connectivity index (χ3v) is 3.49. The summed E-state index contributed by atoms with van der Waals surface area (Å²) in [6.45, 7) is 1.92. The number of hydrogen-bond acceptors (Lipinski definition) is 3. The second-order valence-corrected chi connectivity index (χ2v) is 5.04. The minimum absolute atomic E-state index is 0.314. The number of aromatic carboxylic acids is 1. The van der Waals surface area contributed by atoms with Gasteiger partial charge in [0.25, 0.3) is 0 Å². The first kappa shape index (κ1) is 12.0. The Hall–Kier alpha value is -2.10. The van der Waals surface area contributed by atoms with Gasteiger partial charge in [0.1, 0.15) is 11.3 Å². The van der Waals surface area contributed by atoms with E-state index in [2.05, 4.69) is 4.98 Å². The fourth-order valence-electron chi connectivity index (χ4n) is 2.37. The highest BCUT2D eigenvalue weighted by molar-refractivity contribution is 6.04. The molecule has 1 N–H and O–H groups in total. The van der Waals surface area contributed by atoms with Crippen molar-refractivity contribution < 1.29 is 14.6 Å². The van der Waals surface area contributed by atoms with Gasteiger partial charge < -0.3 is 9.84 Å². The van der Waals surface area contributed by atoms with Crippen LogP contribution in [0.4, 0.5) is 0 Å². The highest BCUT2D eigenvalue weighted by atomic mass is 16.5. The molecule has 4 nitrogen and oxygen atoms in total. The second kappa shape index (κ2) is 4.23. The van der Waals surface area contributed by atoms with Crippen LogP contribution in [0.25, 0.3) is 10.9 Å². The largest absolute Gasteiger partial charge is 0.494 e. The molecule has 98 valence electrons. The van der Waals surface area contributed by atoms with Crippen LogP contribution >= 0.6 is 0 Å². The Morgan fingerprint density at radius 1 is 1.37 bits per heavy atom. The van der Waals surface area contributed by atoms with E-state index in [-0.39, 0.29) is 0 Å². The molecule has 0 amide bonds. The van der Waals surface area contributed by atoms with Gasteiger partial charge in [0.2, 0.25) is 0 Å². The second-order valence-electron chi connectivity index (χ2n) is 5.04. The van der Waals surface area contributed by atoms with Gasteiger partial charge in [-0.05, 0) is 43.5 Å². The van der Waals surface area contributed by atoms with Crippen LogP contribution < -0.4 is 4.74 Å². The third-order valence-electron chi connectivity index (χ3n) is 3.49. The number of aryl methyl sites for hydroxylation is 1. The number of methoxy groups -OCH3 is 1. The van der Waals surface area contributed by atoms with Gasteiger partial charge >= 0.3 is 5.97 Å². The van der Waals surface area contributed by atoms with Crippen molar-refractivity contribution in [2.45, 2.75) is 25.7 Å². The third kappa shape index (κ3) is 2.03. The quantitative estimate of drug-likeness (QED) is 0.917. The van der Waals surface area contributed by atoms with Crippen LogP contribution in [0, 0.1) is 6.92 Å². The summed E-state index contributed by atoms with van der Waals surface area (Å²) in [6, 6.07) is 5.45. The van der Waals surface area contributed by atoms with Crippen molar-refractivity contribution in [3.63, 3.8) is 0 Å². The molecule has 0 unspecified atom stereocenters. The molecule has 0 saturated heterocycles. The van der Waals surface area contributed by atoms with E-state index in [1.54, 1.807) is 13.2 Å². The molecule has 1 fully saturated rings. The first-order valence-electron chi connectivity index (χ1n) is 6.32. The fourth-order valence-corrected chi connectivity index (χ4v) is 2.37. The van der Waals surface area contributed by atoms with E-state index < -0.39 is 5.97 Å². The molecule has 0 bridgehead atoms.